The first-order valence-corrected chi connectivity index (χ1v) is 11.4. The molecule has 0 fully saturated rings. The second kappa shape index (κ2) is 11.4. The van der Waals surface area contributed by atoms with Gasteiger partial charge in [-0.05, 0) is 72.7 Å². The fourth-order valence-electron chi connectivity index (χ4n) is 3.88. The molecule has 2 rings (SSSR count). The summed E-state index contributed by atoms with van der Waals surface area (Å²) in [6.45, 7) is 15.2. The van der Waals surface area contributed by atoms with Gasteiger partial charge in [-0.1, -0.05) is 39.8 Å². The highest BCUT2D eigenvalue weighted by Crippen LogP contribution is 2.33. The average Bonchev–Trinajstić information content (AvgIpc) is 2.75. The average molecular weight is 411 g/mol. The molecule has 0 radical (unpaired) electrons. The Morgan fingerprint density at radius 2 is 0.867 bits per heavy atom. The summed E-state index contributed by atoms with van der Waals surface area (Å²) in [5, 5.41) is 0. The molecule has 0 bridgehead atoms. The van der Waals surface area contributed by atoms with Crippen LogP contribution in [0.2, 0.25) is 0 Å². The lowest BCUT2D eigenvalue weighted by Gasteiger charge is -2.26. The predicted molar refractivity (Wildman–Crippen MR) is 134 cm³/mol. The van der Waals surface area contributed by atoms with Gasteiger partial charge in [-0.15, -0.1) is 0 Å². The fourth-order valence-corrected chi connectivity index (χ4v) is 3.88. The first kappa shape index (κ1) is 24.2. The minimum Gasteiger partial charge on any atom is -0.378 e. The van der Waals surface area contributed by atoms with E-state index >= 15 is 0 Å². The van der Waals surface area contributed by atoms with E-state index in [0.29, 0.717) is 0 Å². The molecule has 0 aliphatic carbocycles. The molecule has 0 amide bonds. The van der Waals surface area contributed by atoms with E-state index in [4.69, 9.17) is 0 Å². The van der Waals surface area contributed by atoms with Gasteiger partial charge < -0.3 is 9.80 Å². The quantitative estimate of drug-likeness (QED) is 0.507. The van der Waals surface area contributed by atoms with Gasteiger partial charge in [-0.3, -0.25) is 9.80 Å². The molecule has 4 nitrogen and oxygen atoms in total. The summed E-state index contributed by atoms with van der Waals surface area (Å²) < 4.78 is 0. The molecule has 0 saturated heterocycles. The Morgan fingerprint density at radius 3 is 1.13 bits per heavy atom. The highest BCUT2D eigenvalue weighted by atomic mass is 15.1. The first-order valence-electron chi connectivity index (χ1n) is 11.4. The molecule has 0 N–H and O–H groups in total. The second-order valence-corrected chi connectivity index (χ2v) is 8.39. The smallest absolute Gasteiger partial charge is 0.0364 e. The minimum atomic E-state index is 0.976. The van der Waals surface area contributed by atoms with Gasteiger partial charge in [0, 0.05) is 52.7 Å². The number of rotatable bonds is 11. The minimum absolute atomic E-state index is 0.976. The molecule has 0 aromatic heterocycles. The van der Waals surface area contributed by atoms with Crippen molar-refractivity contribution in [2.24, 2.45) is 0 Å². The van der Waals surface area contributed by atoms with Gasteiger partial charge in [0.25, 0.3) is 0 Å². The second-order valence-electron chi connectivity index (χ2n) is 8.39. The number of nitrogens with zero attached hydrogens (tertiary/aromatic N) is 4. The molecule has 0 heterocycles. The SMILES string of the molecule is CCN(CC)Cc1cc(N(C)C)ccc1-c1ccc(N(C)C)cc1CN(CC)CC. The van der Waals surface area contributed by atoms with Crippen molar-refractivity contribution in [3.05, 3.63) is 47.5 Å². The lowest BCUT2D eigenvalue weighted by Crippen LogP contribution is -2.24. The van der Waals surface area contributed by atoms with Crippen molar-refractivity contribution >= 4 is 11.4 Å². The zero-order chi connectivity index (χ0) is 22.3. The van der Waals surface area contributed by atoms with Crippen LogP contribution in [-0.4, -0.2) is 64.2 Å². The molecule has 0 atom stereocenters. The van der Waals surface area contributed by atoms with Gasteiger partial charge >= 0.3 is 0 Å². The van der Waals surface area contributed by atoms with Crippen molar-refractivity contribution in [1.82, 2.24) is 9.80 Å². The topological polar surface area (TPSA) is 13.0 Å². The van der Waals surface area contributed by atoms with Gasteiger partial charge in [0.05, 0.1) is 0 Å². The summed E-state index contributed by atoms with van der Waals surface area (Å²) in [5.41, 5.74) is 8.05. The Kier molecular flexibility index (Phi) is 9.19. The maximum atomic E-state index is 2.50. The number of benzene rings is 2. The Hall–Kier alpha value is -2.04. The van der Waals surface area contributed by atoms with Crippen molar-refractivity contribution in [3.8, 4) is 11.1 Å². The zero-order valence-corrected chi connectivity index (χ0v) is 20.5. The summed E-state index contributed by atoms with van der Waals surface area (Å²) >= 11 is 0. The largest absolute Gasteiger partial charge is 0.378 e. The van der Waals surface area contributed by atoms with Crippen LogP contribution in [0.4, 0.5) is 11.4 Å². The Labute approximate surface area is 185 Å². The molecule has 0 unspecified atom stereocenters. The first-order chi connectivity index (χ1) is 14.3. The molecule has 0 aliphatic rings. The Morgan fingerprint density at radius 1 is 0.533 bits per heavy atom. The third-order valence-corrected chi connectivity index (χ3v) is 6.08. The van der Waals surface area contributed by atoms with Gasteiger partial charge in [-0.2, -0.15) is 0 Å². The molecule has 0 spiro atoms. The summed E-state index contributed by atoms with van der Waals surface area (Å²) in [6.07, 6.45) is 0. The van der Waals surface area contributed by atoms with Gasteiger partial charge in [-0.25, -0.2) is 0 Å². The number of anilines is 2. The highest BCUT2D eigenvalue weighted by molar-refractivity contribution is 5.75. The summed E-state index contributed by atoms with van der Waals surface area (Å²) in [6, 6.07) is 13.9. The van der Waals surface area contributed by atoms with E-state index in [0.717, 1.165) is 39.3 Å². The van der Waals surface area contributed by atoms with E-state index in [1.54, 1.807) is 0 Å². The molecule has 4 heteroatoms. The van der Waals surface area contributed by atoms with Crippen LogP contribution in [0, 0.1) is 0 Å². The van der Waals surface area contributed by atoms with Crippen molar-refractivity contribution < 1.29 is 0 Å². The Bertz CT molecular complexity index is 722. The van der Waals surface area contributed by atoms with Crippen LogP contribution in [-0.2, 0) is 13.1 Å². The van der Waals surface area contributed by atoms with Crippen LogP contribution >= 0.6 is 0 Å². The zero-order valence-electron chi connectivity index (χ0n) is 20.5. The van der Waals surface area contributed by atoms with Crippen molar-refractivity contribution in [2.45, 2.75) is 40.8 Å². The molecule has 0 aliphatic heterocycles. The van der Waals surface area contributed by atoms with Gasteiger partial charge in [0.1, 0.15) is 0 Å². The Balaban J connectivity index is 2.62. The van der Waals surface area contributed by atoms with Crippen molar-refractivity contribution in [2.75, 3.05) is 64.2 Å². The molecule has 2 aromatic carbocycles. The molecule has 166 valence electrons. The van der Waals surface area contributed by atoms with Crippen LogP contribution < -0.4 is 9.80 Å². The maximum Gasteiger partial charge on any atom is 0.0364 e. The van der Waals surface area contributed by atoms with Crippen LogP contribution in [0.15, 0.2) is 36.4 Å². The molecule has 2 aromatic rings. The lowest BCUT2D eigenvalue weighted by atomic mass is 9.93. The van der Waals surface area contributed by atoms with Crippen LogP contribution in [0.1, 0.15) is 38.8 Å². The molecular weight excluding hydrogens is 368 g/mol. The number of hydrogen-bond acceptors (Lipinski definition) is 4. The van der Waals surface area contributed by atoms with E-state index < -0.39 is 0 Å². The lowest BCUT2D eigenvalue weighted by molar-refractivity contribution is 0.295. The predicted octanol–water partition coefficient (Wildman–Crippen LogP) is 5.17. The third kappa shape index (κ3) is 5.99. The summed E-state index contributed by atoms with van der Waals surface area (Å²) in [7, 11) is 8.48. The molecular formula is C26H42N4. The van der Waals surface area contributed by atoms with Crippen molar-refractivity contribution in [1.29, 1.82) is 0 Å². The van der Waals surface area contributed by atoms with Crippen molar-refractivity contribution in [3.63, 3.8) is 0 Å². The van der Waals surface area contributed by atoms with E-state index in [9.17, 15) is 0 Å². The van der Waals surface area contributed by atoms with E-state index in [1.165, 1.54) is 33.6 Å². The monoisotopic (exact) mass is 410 g/mol. The van der Waals surface area contributed by atoms with E-state index in [1.807, 2.05) is 0 Å². The summed E-state index contributed by atoms with van der Waals surface area (Å²) in [5.74, 6) is 0. The normalized spacial score (nSPS) is 11.4. The summed E-state index contributed by atoms with van der Waals surface area (Å²) in [4.78, 5) is 9.38. The highest BCUT2D eigenvalue weighted by Gasteiger charge is 2.16. The molecule has 30 heavy (non-hydrogen) atoms. The van der Waals surface area contributed by atoms with Crippen LogP contribution in [0.25, 0.3) is 11.1 Å². The third-order valence-electron chi connectivity index (χ3n) is 6.08. The van der Waals surface area contributed by atoms with Gasteiger partial charge in [0.15, 0.2) is 0 Å². The molecule has 0 saturated carbocycles. The van der Waals surface area contributed by atoms with E-state index in [-0.39, 0.29) is 0 Å². The fraction of sp³-hybridized carbons (Fsp3) is 0.538. The standard InChI is InChI=1S/C26H42N4/c1-9-29(10-2)19-21-17-23(27(5)6)13-15-25(21)26-16-14-24(28(7)8)18-22(26)20-30(11-3)12-4/h13-18H,9-12,19-20H2,1-8H3. The van der Waals surface area contributed by atoms with E-state index in [2.05, 4.69) is 112 Å². The maximum absolute atomic E-state index is 2.50. The van der Waals surface area contributed by atoms with Gasteiger partial charge in [0.2, 0.25) is 0 Å². The van der Waals surface area contributed by atoms with Crippen LogP contribution in [0.3, 0.4) is 0 Å². The number of hydrogen-bond donors (Lipinski definition) is 0. The van der Waals surface area contributed by atoms with Crippen LogP contribution in [0.5, 0.6) is 0 Å².